The molecule has 1 amide bonds. The predicted octanol–water partition coefficient (Wildman–Crippen LogP) is 3.14. The number of H-pyrrole nitrogens is 1. The average molecular weight is 419 g/mol. The summed E-state index contributed by atoms with van der Waals surface area (Å²) in [6.45, 7) is 4.52. The zero-order valence-corrected chi connectivity index (χ0v) is 18.0. The Labute approximate surface area is 182 Å². The Hall–Kier alpha value is -2.86. The highest BCUT2D eigenvalue weighted by Crippen LogP contribution is 2.47. The van der Waals surface area contributed by atoms with Gasteiger partial charge < -0.3 is 20.2 Å². The molecule has 1 aromatic carbocycles. The lowest BCUT2D eigenvalue weighted by atomic mass is 9.60. The van der Waals surface area contributed by atoms with Crippen LogP contribution in [0.1, 0.15) is 47.2 Å². The topological polar surface area (TPSA) is 78.9 Å². The highest BCUT2D eigenvalue weighted by Gasteiger charge is 2.45. The summed E-state index contributed by atoms with van der Waals surface area (Å²) in [5.41, 5.74) is 3.49. The number of hydrogen-bond acceptors (Lipinski definition) is 3. The van der Waals surface area contributed by atoms with Gasteiger partial charge in [-0.15, -0.1) is 0 Å². The van der Waals surface area contributed by atoms with Crippen molar-refractivity contribution in [1.82, 2.24) is 20.2 Å². The SMILES string of the molecule is Cc1ccn(CCc2c[nH]c3ccccc23)c(=O)c1C(=O)NC1CC2(CCNCC2)C1. The van der Waals surface area contributed by atoms with Crippen LogP contribution in [0, 0.1) is 12.3 Å². The van der Waals surface area contributed by atoms with Gasteiger partial charge >= 0.3 is 0 Å². The smallest absolute Gasteiger partial charge is 0.263 e. The summed E-state index contributed by atoms with van der Waals surface area (Å²) in [5.74, 6) is -0.224. The lowest BCUT2D eigenvalue weighted by molar-refractivity contribution is 0.0422. The molecule has 3 N–H and O–H groups in total. The molecule has 2 aliphatic rings. The summed E-state index contributed by atoms with van der Waals surface area (Å²) < 4.78 is 1.67. The Balaban J connectivity index is 1.28. The fraction of sp³-hybridized carbons (Fsp3) is 0.440. The summed E-state index contributed by atoms with van der Waals surface area (Å²) in [5, 5.41) is 7.72. The normalized spacial score (nSPS) is 18.2. The van der Waals surface area contributed by atoms with E-state index < -0.39 is 0 Å². The van der Waals surface area contributed by atoms with Gasteiger partial charge in [-0.05, 0) is 80.8 Å². The van der Waals surface area contributed by atoms with Gasteiger partial charge in [-0.3, -0.25) is 9.59 Å². The first kappa shape index (κ1) is 20.1. The first-order valence-electron chi connectivity index (χ1n) is 11.3. The molecule has 0 radical (unpaired) electrons. The number of aromatic amines is 1. The molecule has 1 aliphatic heterocycles. The van der Waals surface area contributed by atoms with E-state index in [1.807, 2.05) is 37.4 Å². The van der Waals surface area contributed by atoms with Crippen molar-refractivity contribution in [3.63, 3.8) is 0 Å². The van der Waals surface area contributed by atoms with Gasteiger partial charge in [0, 0.05) is 35.9 Å². The minimum Gasteiger partial charge on any atom is -0.361 e. The van der Waals surface area contributed by atoms with E-state index in [4.69, 9.17) is 0 Å². The lowest BCUT2D eigenvalue weighted by Crippen LogP contribution is -2.54. The molecule has 3 aromatic rings. The molecule has 1 saturated carbocycles. The Morgan fingerprint density at radius 3 is 2.77 bits per heavy atom. The molecule has 5 rings (SSSR count). The van der Waals surface area contributed by atoms with E-state index in [-0.39, 0.29) is 23.1 Å². The number of para-hydroxylation sites is 1. The molecule has 162 valence electrons. The van der Waals surface area contributed by atoms with E-state index in [1.165, 1.54) is 23.8 Å². The highest BCUT2D eigenvalue weighted by molar-refractivity contribution is 5.95. The summed E-state index contributed by atoms with van der Waals surface area (Å²) in [7, 11) is 0. The largest absolute Gasteiger partial charge is 0.361 e. The van der Waals surface area contributed by atoms with Crippen LogP contribution in [0.2, 0.25) is 0 Å². The quantitative estimate of drug-likeness (QED) is 0.596. The Morgan fingerprint density at radius 2 is 1.97 bits per heavy atom. The number of benzene rings is 1. The van der Waals surface area contributed by atoms with Crippen LogP contribution in [0.4, 0.5) is 0 Å². The molecular formula is C25H30N4O2. The second kappa shape index (κ2) is 8.00. The van der Waals surface area contributed by atoms with Crippen molar-refractivity contribution in [2.45, 2.75) is 51.6 Å². The number of carbonyl (C=O) groups is 1. The number of aryl methyl sites for hydroxylation is 3. The van der Waals surface area contributed by atoms with Gasteiger partial charge in [-0.25, -0.2) is 0 Å². The van der Waals surface area contributed by atoms with Crippen LogP contribution in [-0.4, -0.2) is 34.6 Å². The molecule has 31 heavy (non-hydrogen) atoms. The summed E-state index contributed by atoms with van der Waals surface area (Å²) in [6.07, 6.45) is 8.96. The predicted molar refractivity (Wildman–Crippen MR) is 122 cm³/mol. The van der Waals surface area contributed by atoms with Crippen LogP contribution in [-0.2, 0) is 13.0 Å². The Bertz CT molecular complexity index is 1160. The third-order valence-corrected chi connectivity index (χ3v) is 7.26. The molecule has 3 heterocycles. The van der Waals surface area contributed by atoms with E-state index in [9.17, 15) is 9.59 Å². The number of hydrogen-bond donors (Lipinski definition) is 3. The summed E-state index contributed by atoms with van der Waals surface area (Å²) in [6, 6.07) is 10.2. The van der Waals surface area contributed by atoms with Gasteiger partial charge in [0.05, 0.1) is 0 Å². The van der Waals surface area contributed by atoms with Crippen molar-refractivity contribution in [2.24, 2.45) is 5.41 Å². The molecule has 1 aliphatic carbocycles. The van der Waals surface area contributed by atoms with Crippen LogP contribution in [0.15, 0.2) is 47.5 Å². The molecular weight excluding hydrogens is 388 g/mol. The maximum atomic E-state index is 13.1. The van der Waals surface area contributed by atoms with Crippen LogP contribution < -0.4 is 16.2 Å². The van der Waals surface area contributed by atoms with Crippen molar-refractivity contribution in [3.05, 3.63) is 69.8 Å². The van der Waals surface area contributed by atoms with Crippen molar-refractivity contribution in [2.75, 3.05) is 13.1 Å². The van der Waals surface area contributed by atoms with Gasteiger partial charge in [0.1, 0.15) is 5.56 Å². The van der Waals surface area contributed by atoms with E-state index in [0.717, 1.165) is 43.4 Å². The number of rotatable bonds is 5. The van der Waals surface area contributed by atoms with Crippen LogP contribution in [0.25, 0.3) is 10.9 Å². The van der Waals surface area contributed by atoms with Gasteiger partial charge in [0.25, 0.3) is 11.5 Å². The molecule has 2 fully saturated rings. The average Bonchev–Trinajstić information content (AvgIpc) is 3.16. The monoisotopic (exact) mass is 418 g/mol. The standard InChI is InChI=1S/C25H30N4O2/c1-17-6-12-29(13-7-18-16-27-21-5-3-2-4-20(18)21)24(31)22(17)23(30)28-19-14-25(15-19)8-10-26-11-9-25/h2-6,12,16,19,26-27H,7-11,13-15H2,1H3,(H,28,30). The number of aromatic nitrogens is 2. The van der Waals surface area contributed by atoms with Crippen molar-refractivity contribution in [1.29, 1.82) is 0 Å². The van der Waals surface area contributed by atoms with Crippen LogP contribution in [0.3, 0.4) is 0 Å². The van der Waals surface area contributed by atoms with Crippen molar-refractivity contribution < 1.29 is 4.79 Å². The van der Waals surface area contributed by atoms with E-state index in [2.05, 4.69) is 21.7 Å². The molecule has 0 unspecified atom stereocenters. The third kappa shape index (κ3) is 3.81. The van der Waals surface area contributed by atoms with Gasteiger partial charge in [-0.1, -0.05) is 18.2 Å². The first-order chi connectivity index (χ1) is 15.0. The first-order valence-corrected chi connectivity index (χ1v) is 11.3. The number of fused-ring (bicyclic) bond motifs is 1. The van der Waals surface area contributed by atoms with Crippen molar-refractivity contribution in [3.8, 4) is 0 Å². The molecule has 2 aromatic heterocycles. The third-order valence-electron chi connectivity index (χ3n) is 7.26. The number of amides is 1. The highest BCUT2D eigenvalue weighted by atomic mass is 16.2. The molecule has 1 saturated heterocycles. The number of nitrogens with one attached hydrogen (secondary N) is 3. The lowest BCUT2D eigenvalue weighted by Gasteiger charge is -2.50. The Kier molecular flexibility index (Phi) is 5.18. The molecule has 0 atom stereocenters. The maximum absolute atomic E-state index is 13.1. The van der Waals surface area contributed by atoms with Crippen LogP contribution >= 0.6 is 0 Å². The second-order valence-corrected chi connectivity index (χ2v) is 9.31. The number of nitrogens with zero attached hydrogens (tertiary/aromatic N) is 1. The van der Waals surface area contributed by atoms with Crippen molar-refractivity contribution >= 4 is 16.8 Å². The fourth-order valence-corrected chi connectivity index (χ4v) is 5.41. The Morgan fingerprint density at radius 1 is 1.19 bits per heavy atom. The van der Waals surface area contributed by atoms with E-state index in [1.54, 1.807) is 10.8 Å². The summed E-state index contributed by atoms with van der Waals surface area (Å²) >= 11 is 0. The van der Waals surface area contributed by atoms with Gasteiger partial charge in [-0.2, -0.15) is 0 Å². The number of piperidine rings is 1. The second-order valence-electron chi connectivity index (χ2n) is 9.31. The molecule has 6 nitrogen and oxygen atoms in total. The fourth-order valence-electron chi connectivity index (χ4n) is 5.41. The zero-order chi connectivity index (χ0) is 21.4. The zero-order valence-electron chi connectivity index (χ0n) is 18.0. The van der Waals surface area contributed by atoms with Gasteiger partial charge in [0.15, 0.2) is 0 Å². The number of carbonyl (C=O) groups excluding carboxylic acids is 1. The minimum atomic E-state index is -0.224. The van der Waals surface area contributed by atoms with Gasteiger partial charge in [0.2, 0.25) is 0 Å². The molecule has 0 bridgehead atoms. The number of pyridine rings is 1. The molecule has 1 spiro atoms. The van der Waals surface area contributed by atoms with E-state index in [0.29, 0.717) is 12.0 Å². The maximum Gasteiger partial charge on any atom is 0.263 e. The van der Waals surface area contributed by atoms with Crippen LogP contribution in [0.5, 0.6) is 0 Å². The van der Waals surface area contributed by atoms with E-state index >= 15 is 0 Å². The minimum absolute atomic E-state index is 0.185. The molecule has 6 heteroatoms. The summed E-state index contributed by atoms with van der Waals surface area (Å²) in [4.78, 5) is 29.4.